The molecule has 106 valence electrons. The monoisotopic (exact) mass is 285 g/mol. The molecule has 0 aliphatic rings. The van der Waals surface area contributed by atoms with E-state index in [2.05, 4.69) is 15.6 Å². The van der Waals surface area contributed by atoms with Crippen molar-refractivity contribution in [2.45, 2.75) is 33.6 Å². The van der Waals surface area contributed by atoms with Gasteiger partial charge in [0.2, 0.25) is 0 Å². The fraction of sp³-hybridized carbons (Fsp3) is 0.583. The van der Waals surface area contributed by atoms with Gasteiger partial charge in [0, 0.05) is 11.4 Å². The minimum absolute atomic E-state index is 0.324. The number of urea groups is 1. The summed E-state index contributed by atoms with van der Waals surface area (Å²) in [5.74, 6) is -1.32. The molecule has 6 nitrogen and oxygen atoms in total. The first kappa shape index (κ1) is 15.4. The van der Waals surface area contributed by atoms with Crippen LogP contribution in [0.4, 0.5) is 9.93 Å². The third kappa shape index (κ3) is 4.86. The number of anilines is 1. The van der Waals surface area contributed by atoms with Crippen LogP contribution in [0.2, 0.25) is 0 Å². The van der Waals surface area contributed by atoms with E-state index in [1.807, 2.05) is 13.8 Å². The van der Waals surface area contributed by atoms with Gasteiger partial charge in [0.25, 0.3) is 0 Å². The summed E-state index contributed by atoms with van der Waals surface area (Å²) in [4.78, 5) is 27.6. The number of carboxylic acids is 1. The molecule has 0 bridgehead atoms. The number of carbonyl (C=O) groups is 2. The van der Waals surface area contributed by atoms with Gasteiger partial charge in [-0.05, 0) is 19.8 Å². The summed E-state index contributed by atoms with van der Waals surface area (Å²) >= 11 is 1.43. The second-order valence-corrected chi connectivity index (χ2v) is 5.49. The Hall–Kier alpha value is -1.63. The lowest BCUT2D eigenvalue weighted by atomic mass is 10.1. The molecule has 0 aromatic carbocycles. The minimum Gasteiger partial charge on any atom is -0.481 e. The van der Waals surface area contributed by atoms with Gasteiger partial charge in [-0.15, -0.1) is 11.3 Å². The van der Waals surface area contributed by atoms with E-state index in [4.69, 9.17) is 5.11 Å². The van der Waals surface area contributed by atoms with Crippen LogP contribution >= 0.6 is 11.3 Å². The van der Waals surface area contributed by atoms with E-state index >= 15 is 0 Å². The number of aliphatic carboxylic acids is 1. The van der Waals surface area contributed by atoms with Gasteiger partial charge in [0.05, 0.1) is 11.6 Å². The molecule has 1 atom stereocenters. The van der Waals surface area contributed by atoms with E-state index < -0.39 is 11.9 Å². The van der Waals surface area contributed by atoms with E-state index in [1.165, 1.54) is 11.3 Å². The Morgan fingerprint density at radius 2 is 2.16 bits per heavy atom. The number of aromatic nitrogens is 1. The van der Waals surface area contributed by atoms with Crippen molar-refractivity contribution < 1.29 is 14.7 Å². The molecule has 1 unspecified atom stereocenters. The lowest BCUT2D eigenvalue weighted by molar-refractivity contribution is -0.141. The topological polar surface area (TPSA) is 91.3 Å². The molecule has 1 rings (SSSR count). The highest BCUT2D eigenvalue weighted by Gasteiger charge is 2.12. The van der Waals surface area contributed by atoms with Gasteiger partial charge in [-0.2, -0.15) is 0 Å². The molecule has 0 saturated heterocycles. The lowest BCUT2D eigenvalue weighted by Crippen LogP contribution is -2.31. The average molecular weight is 285 g/mol. The molecule has 1 heterocycles. The number of rotatable bonds is 6. The third-order valence-corrected chi connectivity index (χ3v) is 3.66. The number of carbonyl (C=O) groups excluding carboxylic acids is 1. The van der Waals surface area contributed by atoms with Gasteiger partial charge in [-0.3, -0.25) is 10.1 Å². The van der Waals surface area contributed by atoms with Crippen LogP contribution in [0, 0.1) is 12.8 Å². The number of amides is 2. The van der Waals surface area contributed by atoms with Crippen molar-refractivity contribution in [1.29, 1.82) is 0 Å². The Morgan fingerprint density at radius 3 is 2.68 bits per heavy atom. The smallest absolute Gasteiger partial charge is 0.321 e. The number of hydrogen-bond acceptors (Lipinski definition) is 4. The zero-order valence-electron chi connectivity index (χ0n) is 11.3. The fourth-order valence-corrected chi connectivity index (χ4v) is 2.37. The van der Waals surface area contributed by atoms with Crippen molar-refractivity contribution in [2.24, 2.45) is 5.92 Å². The summed E-state index contributed by atoms with van der Waals surface area (Å²) in [6, 6.07) is -0.353. The number of nitrogens with zero attached hydrogens (tertiary/aromatic N) is 1. The Labute approximate surface area is 116 Å². The van der Waals surface area contributed by atoms with Crippen molar-refractivity contribution >= 4 is 28.5 Å². The van der Waals surface area contributed by atoms with Crippen LogP contribution in [0.25, 0.3) is 0 Å². The summed E-state index contributed by atoms with van der Waals surface area (Å²) in [5, 5.41) is 14.5. The van der Waals surface area contributed by atoms with Crippen molar-refractivity contribution in [3.63, 3.8) is 0 Å². The largest absolute Gasteiger partial charge is 0.481 e. The highest BCUT2D eigenvalue weighted by molar-refractivity contribution is 7.15. The molecule has 0 spiro atoms. The van der Waals surface area contributed by atoms with E-state index in [0.717, 1.165) is 17.0 Å². The molecule has 0 fully saturated rings. The Balaban J connectivity index is 2.36. The Morgan fingerprint density at radius 1 is 1.47 bits per heavy atom. The minimum atomic E-state index is -0.856. The maximum absolute atomic E-state index is 11.6. The molecule has 19 heavy (non-hydrogen) atoms. The molecule has 0 saturated carbocycles. The zero-order valence-corrected chi connectivity index (χ0v) is 12.1. The number of carboxylic acid groups (broad SMARTS) is 1. The second-order valence-electron chi connectivity index (χ2n) is 4.28. The van der Waals surface area contributed by atoms with Gasteiger partial charge < -0.3 is 10.4 Å². The molecular weight excluding hydrogens is 266 g/mol. The Kier molecular flexibility index (Phi) is 5.75. The van der Waals surface area contributed by atoms with Gasteiger partial charge in [-0.1, -0.05) is 13.8 Å². The SMILES string of the molecule is CCc1nc(NC(=O)NCCC(C)C(=O)O)sc1C. The molecule has 0 aliphatic heterocycles. The highest BCUT2D eigenvalue weighted by atomic mass is 32.1. The van der Waals surface area contributed by atoms with Gasteiger partial charge in [0.1, 0.15) is 0 Å². The molecule has 7 heteroatoms. The van der Waals surface area contributed by atoms with Crippen LogP contribution in [0.1, 0.15) is 30.8 Å². The first-order chi connectivity index (χ1) is 8.93. The first-order valence-corrected chi connectivity index (χ1v) is 6.99. The lowest BCUT2D eigenvalue weighted by Gasteiger charge is -2.07. The van der Waals surface area contributed by atoms with Crippen molar-refractivity contribution in [2.75, 3.05) is 11.9 Å². The Bertz CT molecular complexity index is 459. The van der Waals surface area contributed by atoms with E-state index in [9.17, 15) is 9.59 Å². The van der Waals surface area contributed by atoms with Crippen LogP contribution in [-0.4, -0.2) is 28.6 Å². The third-order valence-electron chi connectivity index (χ3n) is 2.73. The van der Waals surface area contributed by atoms with Gasteiger partial charge in [-0.25, -0.2) is 9.78 Å². The number of hydrogen-bond donors (Lipinski definition) is 3. The zero-order chi connectivity index (χ0) is 14.4. The second kappa shape index (κ2) is 7.08. The molecule has 1 aromatic rings. The first-order valence-electron chi connectivity index (χ1n) is 6.18. The van der Waals surface area contributed by atoms with Crippen LogP contribution in [0.3, 0.4) is 0 Å². The molecule has 0 radical (unpaired) electrons. The summed E-state index contributed by atoms with van der Waals surface area (Å²) in [5.41, 5.74) is 0.986. The molecule has 2 amide bonds. The summed E-state index contributed by atoms with van der Waals surface area (Å²) in [6.07, 6.45) is 1.24. The fourth-order valence-electron chi connectivity index (χ4n) is 1.48. The molecule has 3 N–H and O–H groups in total. The quantitative estimate of drug-likeness (QED) is 0.747. The number of thiazole rings is 1. The molecule has 0 aliphatic carbocycles. The van der Waals surface area contributed by atoms with E-state index in [1.54, 1.807) is 6.92 Å². The van der Waals surface area contributed by atoms with Crippen molar-refractivity contribution in [1.82, 2.24) is 10.3 Å². The van der Waals surface area contributed by atoms with Gasteiger partial charge in [0.15, 0.2) is 5.13 Å². The average Bonchev–Trinajstić information content (AvgIpc) is 2.68. The molecular formula is C12H19N3O3S. The van der Waals surface area contributed by atoms with Crippen LogP contribution in [0.5, 0.6) is 0 Å². The summed E-state index contributed by atoms with van der Waals surface area (Å²) in [7, 11) is 0. The van der Waals surface area contributed by atoms with Crippen molar-refractivity contribution in [3.8, 4) is 0 Å². The predicted molar refractivity (Wildman–Crippen MR) is 74.7 cm³/mol. The van der Waals surface area contributed by atoms with E-state index in [0.29, 0.717) is 18.1 Å². The van der Waals surface area contributed by atoms with Gasteiger partial charge >= 0.3 is 12.0 Å². The maximum atomic E-state index is 11.6. The predicted octanol–water partition coefficient (Wildman–Crippen LogP) is 2.25. The summed E-state index contributed by atoms with van der Waals surface area (Å²) < 4.78 is 0. The van der Waals surface area contributed by atoms with Crippen LogP contribution in [0.15, 0.2) is 0 Å². The standard InChI is InChI=1S/C12H19N3O3S/c1-4-9-8(3)19-12(14-9)15-11(18)13-6-5-7(2)10(16)17/h7H,4-6H2,1-3H3,(H,16,17)(H2,13,14,15,18). The van der Waals surface area contributed by atoms with Crippen molar-refractivity contribution in [3.05, 3.63) is 10.6 Å². The molecule has 1 aromatic heterocycles. The number of aryl methyl sites for hydroxylation is 2. The normalized spacial score (nSPS) is 11.9. The van der Waals surface area contributed by atoms with Crippen LogP contribution in [-0.2, 0) is 11.2 Å². The van der Waals surface area contributed by atoms with E-state index in [-0.39, 0.29) is 6.03 Å². The highest BCUT2D eigenvalue weighted by Crippen LogP contribution is 2.22. The van der Waals surface area contributed by atoms with Crippen LogP contribution < -0.4 is 10.6 Å². The maximum Gasteiger partial charge on any atom is 0.321 e. The number of nitrogens with one attached hydrogen (secondary N) is 2. The summed E-state index contributed by atoms with van der Waals surface area (Å²) in [6.45, 7) is 5.91.